The Morgan fingerprint density at radius 3 is 2.93 bits per heavy atom. The number of fused-ring (bicyclic) bond motifs is 1. The van der Waals surface area contributed by atoms with Crippen molar-refractivity contribution >= 4 is 17.7 Å². The number of aromatic amines is 2. The van der Waals surface area contributed by atoms with Crippen molar-refractivity contribution in [2.75, 3.05) is 5.32 Å². The number of H-pyrrole nitrogens is 2. The summed E-state index contributed by atoms with van der Waals surface area (Å²) in [6.45, 7) is 0.446. The molecule has 4 N–H and O–H groups in total. The van der Waals surface area contributed by atoms with E-state index in [2.05, 4.69) is 40.3 Å². The number of hydrogen-bond acceptors (Lipinski definition) is 8. The number of aromatic nitrogens is 8. The van der Waals surface area contributed by atoms with Crippen molar-refractivity contribution in [3.8, 4) is 5.88 Å². The zero-order valence-electron chi connectivity index (χ0n) is 15.5. The van der Waals surface area contributed by atoms with E-state index in [1.54, 1.807) is 23.0 Å². The maximum absolute atomic E-state index is 11.4. The molecular formula is C17H18N10O2. The Balaban J connectivity index is 1.62. The smallest absolute Gasteiger partial charge is 0.326 e. The first kappa shape index (κ1) is 17.2. The van der Waals surface area contributed by atoms with Gasteiger partial charge in [-0.1, -0.05) is 0 Å². The first-order valence-electron chi connectivity index (χ1n) is 9.09. The van der Waals surface area contributed by atoms with Crippen LogP contribution in [0.25, 0.3) is 11.7 Å². The summed E-state index contributed by atoms with van der Waals surface area (Å²) in [6.07, 6.45) is 8.82. The molecular weight excluding hydrogens is 376 g/mol. The maximum atomic E-state index is 11.4. The van der Waals surface area contributed by atoms with Gasteiger partial charge in [0.05, 0.1) is 18.8 Å². The third-order valence-electron chi connectivity index (χ3n) is 4.58. The van der Waals surface area contributed by atoms with Crippen molar-refractivity contribution in [3.63, 3.8) is 0 Å². The molecule has 0 saturated heterocycles. The van der Waals surface area contributed by atoms with Gasteiger partial charge in [-0.25, -0.2) is 14.8 Å². The number of hydrogen-bond donors (Lipinski definition) is 4. The average Bonchev–Trinajstić information content (AvgIpc) is 3.11. The molecule has 0 amide bonds. The van der Waals surface area contributed by atoms with Crippen molar-refractivity contribution in [2.24, 2.45) is 12.0 Å². The molecule has 0 unspecified atom stereocenters. The Morgan fingerprint density at radius 1 is 1.38 bits per heavy atom. The highest BCUT2D eigenvalue weighted by Crippen LogP contribution is 2.22. The van der Waals surface area contributed by atoms with E-state index in [9.17, 15) is 9.90 Å². The molecule has 5 rings (SSSR count). The molecule has 148 valence electrons. The second-order valence-corrected chi connectivity index (χ2v) is 6.84. The Hall–Kier alpha value is -3.96. The largest absolute Gasteiger partial charge is 0.493 e. The molecule has 1 aliphatic rings. The number of aromatic hydroxyl groups is 1. The Kier molecular flexibility index (Phi) is 3.89. The topological polar surface area (TPSA) is 154 Å². The molecule has 0 bridgehead atoms. The van der Waals surface area contributed by atoms with Gasteiger partial charge in [-0.2, -0.15) is 19.6 Å². The highest BCUT2D eigenvalue weighted by molar-refractivity contribution is 5.57. The Bertz CT molecular complexity index is 1370. The molecule has 1 fully saturated rings. The molecule has 0 aromatic carbocycles. The lowest BCUT2D eigenvalue weighted by Gasteiger charge is -2.05. The van der Waals surface area contributed by atoms with Crippen LogP contribution in [-0.4, -0.2) is 50.2 Å². The minimum absolute atomic E-state index is 0.242. The molecule has 0 atom stereocenters. The van der Waals surface area contributed by atoms with E-state index in [0.29, 0.717) is 29.0 Å². The van der Waals surface area contributed by atoms with E-state index in [0.717, 1.165) is 18.7 Å². The van der Waals surface area contributed by atoms with Crippen LogP contribution in [0.3, 0.4) is 0 Å². The van der Waals surface area contributed by atoms with Crippen LogP contribution in [0.15, 0.2) is 28.4 Å². The summed E-state index contributed by atoms with van der Waals surface area (Å²) < 4.78 is 3.46. The predicted octanol–water partition coefficient (Wildman–Crippen LogP) is -1.20. The van der Waals surface area contributed by atoms with E-state index < -0.39 is 5.69 Å². The highest BCUT2D eigenvalue weighted by atomic mass is 16.3. The minimum Gasteiger partial charge on any atom is -0.493 e. The number of anilines is 1. The van der Waals surface area contributed by atoms with Gasteiger partial charge in [0.1, 0.15) is 11.5 Å². The lowest BCUT2D eigenvalue weighted by Crippen LogP contribution is -2.25. The van der Waals surface area contributed by atoms with Gasteiger partial charge in [-0.05, 0) is 18.9 Å². The lowest BCUT2D eigenvalue weighted by atomic mass is 10.3. The van der Waals surface area contributed by atoms with E-state index >= 15 is 0 Å². The summed E-state index contributed by atoms with van der Waals surface area (Å²) in [7, 11) is 1.91. The van der Waals surface area contributed by atoms with Crippen molar-refractivity contribution in [1.29, 1.82) is 0 Å². The first-order chi connectivity index (χ1) is 14.1. The van der Waals surface area contributed by atoms with Crippen LogP contribution < -0.4 is 21.8 Å². The summed E-state index contributed by atoms with van der Waals surface area (Å²) in [5.74, 6) is 0.977. The lowest BCUT2D eigenvalue weighted by molar-refractivity contribution is 0.454. The maximum Gasteiger partial charge on any atom is 0.326 e. The third kappa shape index (κ3) is 3.35. The van der Waals surface area contributed by atoms with Gasteiger partial charge in [0.15, 0.2) is 5.65 Å². The van der Waals surface area contributed by atoms with Crippen LogP contribution in [0.2, 0.25) is 0 Å². The van der Waals surface area contributed by atoms with Gasteiger partial charge >= 0.3 is 5.69 Å². The molecule has 0 radical (unpaired) electrons. The van der Waals surface area contributed by atoms with Crippen LogP contribution in [0, 0.1) is 0 Å². The molecule has 0 aliphatic heterocycles. The molecule has 4 aromatic heterocycles. The van der Waals surface area contributed by atoms with Gasteiger partial charge in [-0.3, -0.25) is 4.98 Å². The van der Waals surface area contributed by atoms with E-state index in [4.69, 9.17) is 0 Å². The van der Waals surface area contributed by atoms with Crippen molar-refractivity contribution in [3.05, 3.63) is 51.4 Å². The summed E-state index contributed by atoms with van der Waals surface area (Å²) >= 11 is 0. The normalized spacial score (nSPS) is 15.5. The van der Waals surface area contributed by atoms with Crippen LogP contribution >= 0.6 is 0 Å². The summed E-state index contributed by atoms with van der Waals surface area (Å²) in [6, 6.07) is 0.247. The van der Waals surface area contributed by atoms with Crippen molar-refractivity contribution < 1.29 is 5.11 Å². The zero-order valence-corrected chi connectivity index (χ0v) is 15.5. The number of aryl methyl sites for hydroxylation is 1. The van der Waals surface area contributed by atoms with Crippen molar-refractivity contribution in [1.82, 2.24) is 39.1 Å². The quantitative estimate of drug-likeness (QED) is 0.331. The molecule has 1 aliphatic carbocycles. The Morgan fingerprint density at radius 2 is 2.24 bits per heavy atom. The molecule has 12 nitrogen and oxygen atoms in total. The molecule has 1 saturated carbocycles. The van der Waals surface area contributed by atoms with Crippen LogP contribution in [0.4, 0.5) is 5.95 Å². The van der Waals surface area contributed by atoms with Gasteiger partial charge in [0.25, 0.3) is 5.62 Å². The number of nitrogens with zero attached hydrogens (tertiary/aromatic N) is 7. The predicted molar refractivity (Wildman–Crippen MR) is 102 cm³/mol. The molecule has 29 heavy (non-hydrogen) atoms. The van der Waals surface area contributed by atoms with Crippen LogP contribution in [0.5, 0.6) is 5.88 Å². The second-order valence-electron chi connectivity index (χ2n) is 6.84. The van der Waals surface area contributed by atoms with E-state index in [-0.39, 0.29) is 17.6 Å². The molecule has 12 heteroatoms. The van der Waals surface area contributed by atoms with E-state index in [1.807, 2.05) is 17.8 Å². The fraction of sp³-hybridized carbons (Fsp3) is 0.294. The van der Waals surface area contributed by atoms with Gasteiger partial charge < -0.3 is 20.0 Å². The fourth-order valence-corrected chi connectivity index (χ4v) is 2.88. The molecule has 4 aromatic rings. The summed E-state index contributed by atoms with van der Waals surface area (Å²) in [5, 5.41) is 18.0. The second kappa shape index (κ2) is 6.58. The monoisotopic (exact) mass is 394 g/mol. The van der Waals surface area contributed by atoms with Crippen LogP contribution in [-0.2, 0) is 13.6 Å². The fourth-order valence-electron chi connectivity index (χ4n) is 2.88. The van der Waals surface area contributed by atoms with Crippen LogP contribution in [0.1, 0.15) is 24.4 Å². The van der Waals surface area contributed by atoms with Crippen molar-refractivity contribution in [2.45, 2.75) is 25.4 Å². The van der Waals surface area contributed by atoms with Gasteiger partial charge in [-0.15, -0.1) is 0 Å². The molecule has 0 spiro atoms. The zero-order chi connectivity index (χ0) is 20.0. The molecule has 4 heterocycles. The summed E-state index contributed by atoms with van der Waals surface area (Å²) in [4.78, 5) is 34.2. The number of rotatable bonds is 5. The Labute approximate surface area is 162 Å². The SMILES string of the molecule is Cn1ccnc1CNc1nc(=NC2CC2)n2ncc(=Cc3[nH]c(=O)[nH]c3O)c2n1. The van der Waals surface area contributed by atoms with Gasteiger partial charge in [0.2, 0.25) is 11.8 Å². The number of nitrogens with one attached hydrogen (secondary N) is 3. The summed E-state index contributed by atoms with van der Waals surface area (Å²) in [5.41, 5.74) is 0.697. The number of imidazole rings is 2. The van der Waals surface area contributed by atoms with Gasteiger partial charge in [0, 0.05) is 24.7 Å². The standard InChI is InChI=1S/C17H18N10O2/c1-26-5-4-18-12(26)8-19-15-23-13-9(6-11-14(28)24-17(29)22-11)7-20-27(13)16(25-15)21-10-2-3-10/h4-7,10,28H,2-3,8H2,1H3,(H,19,21,25)(H2,22,24,29). The third-order valence-corrected chi connectivity index (χ3v) is 4.58. The highest BCUT2D eigenvalue weighted by Gasteiger charge is 2.21. The first-order valence-corrected chi connectivity index (χ1v) is 9.09. The minimum atomic E-state index is -0.498. The van der Waals surface area contributed by atoms with E-state index in [1.165, 1.54) is 0 Å². The average molecular weight is 394 g/mol.